The minimum atomic E-state index is -1.02. The molecule has 210 valence electrons. The average molecular weight is 594 g/mol. The topological polar surface area (TPSA) is 102 Å². The van der Waals surface area contributed by atoms with Gasteiger partial charge in [0.15, 0.2) is 5.01 Å². The van der Waals surface area contributed by atoms with Crippen molar-refractivity contribution in [1.29, 1.82) is 0 Å². The van der Waals surface area contributed by atoms with Crippen LogP contribution in [0.25, 0.3) is 21.3 Å². The molecule has 1 aromatic carbocycles. The summed E-state index contributed by atoms with van der Waals surface area (Å²) in [4.78, 5) is 19.8. The summed E-state index contributed by atoms with van der Waals surface area (Å²) in [6.07, 6.45) is 4.58. The first-order valence-electron chi connectivity index (χ1n) is 13.3. The number of halogens is 2. The van der Waals surface area contributed by atoms with Gasteiger partial charge in [-0.25, -0.2) is 4.98 Å². The van der Waals surface area contributed by atoms with Crippen molar-refractivity contribution in [3.8, 4) is 21.3 Å². The summed E-state index contributed by atoms with van der Waals surface area (Å²) in [6, 6.07) is 4.09. The Morgan fingerprint density at radius 2 is 2.00 bits per heavy atom. The van der Waals surface area contributed by atoms with Crippen molar-refractivity contribution in [3.05, 3.63) is 39.3 Å². The number of carboxylic acids is 1. The third kappa shape index (κ3) is 6.03. The summed E-state index contributed by atoms with van der Waals surface area (Å²) in [5.41, 5.74) is 1.67. The van der Waals surface area contributed by atoms with Crippen molar-refractivity contribution in [2.45, 2.75) is 71.9 Å². The Hall–Kier alpha value is -2.04. The molecule has 0 unspecified atom stereocenters. The minimum absolute atomic E-state index is 0.0855. The Balaban J connectivity index is 1.46. The molecule has 2 fully saturated rings. The fraction of sp³-hybridized carbons (Fsp3) is 0.571. The molecule has 39 heavy (non-hydrogen) atoms. The molecule has 3 aromatic rings. The standard InChI is InChI=1S/C28H34Cl2N4O4S/c1-27(2,26(35)36)13-20-32-33-24(38-20)25-31-19(12-16-6-5-7-16)23(39-25)18-9-8-17(21(29)22(18)30)14-34-10-11-37-15-28(34,3)4/h8-9,16H,5-7,10-15H2,1-4H3,(H,35,36). The van der Waals surface area contributed by atoms with Crippen LogP contribution in [0.3, 0.4) is 0 Å². The Morgan fingerprint density at radius 1 is 1.23 bits per heavy atom. The highest BCUT2D eigenvalue weighted by Crippen LogP contribution is 2.44. The molecule has 2 aromatic heterocycles. The maximum absolute atomic E-state index is 11.5. The van der Waals surface area contributed by atoms with Crippen LogP contribution < -0.4 is 0 Å². The number of benzene rings is 1. The van der Waals surface area contributed by atoms with E-state index in [1.54, 1.807) is 13.8 Å². The third-order valence-electron chi connectivity index (χ3n) is 7.81. The van der Waals surface area contributed by atoms with Gasteiger partial charge in [-0.15, -0.1) is 21.5 Å². The van der Waals surface area contributed by atoms with E-state index in [1.807, 2.05) is 6.07 Å². The largest absolute Gasteiger partial charge is 0.481 e. The van der Waals surface area contributed by atoms with Crippen LogP contribution in [0.4, 0.5) is 0 Å². The minimum Gasteiger partial charge on any atom is -0.481 e. The van der Waals surface area contributed by atoms with Gasteiger partial charge in [-0.05, 0) is 45.6 Å². The highest BCUT2D eigenvalue weighted by molar-refractivity contribution is 7.18. The Kier molecular flexibility index (Phi) is 8.10. The van der Waals surface area contributed by atoms with Crippen molar-refractivity contribution in [3.63, 3.8) is 0 Å². The summed E-state index contributed by atoms with van der Waals surface area (Å²) in [5.74, 6) is 0.218. The number of carboxylic acid groups (broad SMARTS) is 1. The zero-order valence-corrected chi connectivity index (χ0v) is 25.0. The molecule has 0 radical (unpaired) electrons. The summed E-state index contributed by atoms with van der Waals surface area (Å²) >= 11 is 15.3. The van der Waals surface area contributed by atoms with Crippen molar-refractivity contribution >= 4 is 40.5 Å². The molecule has 1 aliphatic carbocycles. The first-order chi connectivity index (χ1) is 18.4. The molecule has 11 heteroatoms. The highest BCUT2D eigenvalue weighted by atomic mass is 35.5. The quantitative estimate of drug-likeness (QED) is 0.290. The normalized spacial score (nSPS) is 18.3. The van der Waals surface area contributed by atoms with Crippen molar-refractivity contribution in [1.82, 2.24) is 20.1 Å². The zero-order chi connectivity index (χ0) is 27.9. The lowest BCUT2D eigenvalue weighted by Gasteiger charge is -2.42. The Morgan fingerprint density at radius 3 is 2.67 bits per heavy atom. The van der Waals surface area contributed by atoms with E-state index in [1.165, 1.54) is 30.6 Å². The molecule has 0 amide bonds. The lowest BCUT2D eigenvalue weighted by atomic mass is 9.82. The molecular weight excluding hydrogens is 559 g/mol. The van der Waals surface area contributed by atoms with Gasteiger partial charge in [0.1, 0.15) is 0 Å². The fourth-order valence-electron chi connectivity index (χ4n) is 4.90. The van der Waals surface area contributed by atoms with E-state index < -0.39 is 11.4 Å². The van der Waals surface area contributed by atoms with Crippen molar-refractivity contribution < 1.29 is 19.1 Å². The second-order valence-electron chi connectivity index (χ2n) is 11.8. The van der Waals surface area contributed by atoms with Gasteiger partial charge in [0.05, 0.1) is 39.2 Å². The van der Waals surface area contributed by atoms with Gasteiger partial charge in [-0.2, -0.15) is 0 Å². The lowest BCUT2D eigenvalue weighted by Crippen LogP contribution is -2.52. The zero-order valence-electron chi connectivity index (χ0n) is 22.7. The number of aliphatic carboxylic acids is 1. The number of morpholine rings is 1. The van der Waals surface area contributed by atoms with Crippen LogP contribution in [-0.4, -0.2) is 56.5 Å². The van der Waals surface area contributed by atoms with Gasteiger partial charge >= 0.3 is 5.97 Å². The molecule has 5 rings (SSSR count). The highest BCUT2D eigenvalue weighted by Gasteiger charge is 2.33. The van der Waals surface area contributed by atoms with Crippen LogP contribution >= 0.6 is 34.5 Å². The molecule has 1 saturated heterocycles. The van der Waals surface area contributed by atoms with Crippen LogP contribution in [0.5, 0.6) is 0 Å². The molecule has 8 nitrogen and oxygen atoms in total. The lowest BCUT2D eigenvalue weighted by molar-refractivity contribution is -0.147. The molecule has 0 spiro atoms. The predicted octanol–water partition coefficient (Wildman–Crippen LogP) is 6.77. The van der Waals surface area contributed by atoms with Gasteiger partial charge in [0, 0.05) is 30.6 Å². The number of hydrogen-bond acceptors (Lipinski definition) is 8. The van der Waals surface area contributed by atoms with E-state index in [9.17, 15) is 9.90 Å². The number of aromatic nitrogens is 3. The van der Waals surface area contributed by atoms with Gasteiger partial charge in [0.2, 0.25) is 5.89 Å². The fourth-order valence-corrected chi connectivity index (χ4v) is 6.51. The summed E-state index contributed by atoms with van der Waals surface area (Å²) in [7, 11) is 0. The van der Waals surface area contributed by atoms with Gasteiger partial charge in [-0.1, -0.05) is 54.6 Å². The first-order valence-corrected chi connectivity index (χ1v) is 14.9. The van der Waals surface area contributed by atoms with Crippen LogP contribution in [0.15, 0.2) is 16.5 Å². The first kappa shape index (κ1) is 28.5. The van der Waals surface area contributed by atoms with Crippen LogP contribution in [0.2, 0.25) is 10.0 Å². The van der Waals surface area contributed by atoms with Gasteiger partial charge < -0.3 is 14.3 Å². The Labute approximate surface area is 242 Å². The summed E-state index contributed by atoms with van der Waals surface area (Å²) < 4.78 is 11.5. The van der Waals surface area contributed by atoms with Crippen LogP contribution in [-0.2, 0) is 28.9 Å². The summed E-state index contributed by atoms with van der Waals surface area (Å²) in [5, 5.41) is 19.4. The monoisotopic (exact) mass is 592 g/mol. The molecule has 1 N–H and O–H groups in total. The third-order valence-corrected chi connectivity index (χ3v) is 9.85. The number of ether oxygens (including phenoxy) is 1. The molecule has 0 bridgehead atoms. The van der Waals surface area contributed by atoms with E-state index in [0.29, 0.717) is 40.7 Å². The van der Waals surface area contributed by atoms with Crippen LogP contribution in [0, 0.1) is 11.3 Å². The van der Waals surface area contributed by atoms with Crippen LogP contribution in [0.1, 0.15) is 64.1 Å². The Bertz CT molecular complexity index is 1370. The number of nitrogens with zero attached hydrogens (tertiary/aromatic N) is 4. The van der Waals surface area contributed by atoms with E-state index >= 15 is 0 Å². The second-order valence-corrected chi connectivity index (χ2v) is 13.6. The number of rotatable bonds is 9. The number of thiazole rings is 1. The van der Waals surface area contributed by atoms with Gasteiger partial charge in [-0.3, -0.25) is 9.69 Å². The molecule has 1 aliphatic heterocycles. The van der Waals surface area contributed by atoms with E-state index in [0.717, 1.165) is 34.7 Å². The van der Waals surface area contributed by atoms with E-state index in [4.69, 9.17) is 37.3 Å². The number of carbonyl (C=O) groups is 1. The molecular formula is C28H34Cl2N4O4S. The SMILES string of the molecule is CC(C)(Cc1nnc(-c2nc(CC3CCC3)c(-c3ccc(CN4CCOCC4(C)C)c(Cl)c3Cl)s2)o1)C(=O)O. The van der Waals surface area contributed by atoms with E-state index in [2.05, 4.69) is 35.0 Å². The van der Waals surface area contributed by atoms with E-state index in [-0.39, 0.29) is 23.7 Å². The average Bonchev–Trinajstić information content (AvgIpc) is 3.47. The second kappa shape index (κ2) is 11.1. The molecule has 3 heterocycles. The smallest absolute Gasteiger partial charge is 0.309 e. The predicted molar refractivity (Wildman–Crippen MR) is 152 cm³/mol. The maximum Gasteiger partial charge on any atom is 0.309 e. The summed E-state index contributed by atoms with van der Waals surface area (Å²) in [6.45, 7) is 10.5. The number of hydrogen-bond donors (Lipinski definition) is 1. The van der Waals surface area contributed by atoms with Crippen molar-refractivity contribution in [2.24, 2.45) is 11.3 Å². The van der Waals surface area contributed by atoms with Crippen molar-refractivity contribution in [2.75, 3.05) is 19.8 Å². The molecule has 1 saturated carbocycles. The maximum atomic E-state index is 11.5. The molecule has 2 aliphatic rings. The molecule has 0 atom stereocenters. The van der Waals surface area contributed by atoms with Gasteiger partial charge in [0.25, 0.3) is 5.89 Å².